The van der Waals surface area contributed by atoms with E-state index in [0.29, 0.717) is 10.9 Å². The SMILES string of the molecule is Cc1ccc(C)c(-c2nnc(NC(=O)CSc3ccc(Cl)cc3)o2)c1. The molecular weight excluding hydrogens is 358 g/mol. The van der Waals surface area contributed by atoms with Crippen LogP contribution in [0.15, 0.2) is 51.8 Å². The highest BCUT2D eigenvalue weighted by atomic mass is 35.5. The van der Waals surface area contributed by atoms with Crippen LogP contribution >= 0.6 is 23.4 Å². The van der Waals surface area contributed by atoms with Crippen LogP contribution in [0.25, 0.3) is 11.5 Å². The van der Waals surface area contributed by atoms with Gasteiger partial charge in [-0.15, -0.1) is 16.9 Å². The molecule has 1 amide bonds. The van der Waals surface area contributed by atoms with Crippen molar-refractivity contribution < 1.29 is 9.21 Å². The van der Waals surface area contributed by atoms with E-state index in [2.05, 4.69) is 15.5 Å². The molecule has 0 fully saturated rings. The van der Waals surface area contributed by atoms with Crippen LogP contribution in [-0.4, -0.2) is 21.9 Å². The molecule has 128 valence electrons. The largest absolute Gasteiger partial charge is 0.403 e. The maximum absolute atomic E-state index is 12.0. The Labute approximate surface area is 154 Å². The number of aryl methyl sites for hydroxylation is 2. The van der Waals surface area contributed by atoms with E-state index in [1.165, 1.54) is 11.8 Å². The van der Waals surface area contributed by atoms with Gasteiger partial charge in [0.2, 0.25) is 11.8 Å². The molecule has 0 aliphatic carbocycles. The number of anilines is 1. The highest BCUT2D eigenvalue weighted by Crippen LogP contribution is 2.25. The zero-order valence-corrected chi connectivity index (χ0v) is 15.3. The molecule has 2 aromatic carbocycles. The molecule has 0 spiro atoms. The van der Waals surface area contributed by atoms with E-state index >= 15 is 0 Å². The summed E-state index contributed by atoms with van der Waals surface area (Å²) in [6, 6.07) is 13.4. The normalized spacial score (nSPS) is 10.7. The predicted octanol–water partition coefficient (Wildman–Crippen LogP) is 4.74. The Kier molecular flexibility index (Phi) is 5.40. The Morgan fingerprint density at radius 2 is 1.92 bits per heavy atom. The lowest BCUT2D eigenvalue weighted by Gasteiger charge is -2.03. The van der Waals surface area contributed by atoms with Gasteiger partial charge in [-0.3, -0.25) is 10.1 Å². The van der Waals surface area contributed by atoms with Crippen LogP contribution in [0.5, 0.6) is 0 Å². The Morgan fingerprint density at radius 1 is 1.16 bits per heavy atom. The number of hydrogen-bond donors (Lipinski definition) is 1. The number of thioether (sulfide) groups is 1. The number of nitrogens with one attached hydrogen (secondary N) is 1. The summed E-state index contributed by atoms with van der Waals surface area (Å²) in [4.78, 5) is 13.0. The summed E-state index contributed by atoms with van der Waals surface area (Å²) in [5.41, 5.74) is 3.00. The minimum atomic E-state index is -0.212. The molecule has 0 bridgehead atoms. The summed E-state index contributed by atoms with van der Waals surface area (Å²) in [5.74, 6) is 0.418. The van der Waals surface area contributed by atoms with Crippen LogP contribution in [0.4, 0.5) is 6.01 Å². The van der Waals surface area contributed by atoms with Gasteiger partial charge in [-0.2, -0.15) is 0 Å². The van der Waals surface area contributed by atoms with Crippen LogP contribution in [0.3, 0.4) is 0 Å². The number of halogens is 1. The molecule has 3 rings (SSSR count). The van der Waals surface area contributed by atoms with Crippen LogP contribution < -0.4 is 5.32 Å². The van der Waals surface area contributed by atoms with E-state index in [0.717, 1.165) is 21.6 Å². The minimum Gasteiger partial charge on any atom is -0.403 e. The third-order valence-corrected chi connectivity index (χ3v) is 4.74. The molecule has 0 atom stereocenters. The quantitative estimate of drug-likeness (QED) is 0.654. The number of benzene rings is 2. The van der Waals surface area contributed by atoms with Gasteiger partial charge in [0.15, 0.2) is 0 Å². The summed E-state index contributed by atoms with van der Waals surface area (Å²) in [7, 11) is 0. The number of nitrogens with zero attached hydrogens (tertiary/aromatic N) is 2. The fourth-order valence-electron chi connectivity index (χ4n) is 2.18. The van der Waals surface area contributed by atoms with Crippen molar-refractivity contribution in [2.75, 3.05) is 11.1 Å². The van der Waals surface area contributed by atoms with Crippen molar-refractivity contribution in [3.63, 3.8) is 0 Å². The highest BCUT2D eigenvalue weighted by molar-refractivity contribution is 8.00. The number of aromatic nitrogens is 2. The van der Waals surface area contributed by atoms with E-state index in [1.807, 2.05) is 44.2 Å². The standard InChI is InChI=1S/C18H16ClN3O2S/c1-11-3-4-12(2)15(9-11)17-21-22-18(24-17)20-16(23)10-25-14-7-5-13(19)6-8-14/h3-9H,10H2,1-2H3,(H,20,22,23). The molecule has 1 N–H and O–H groups in total. The molecule has 0 aliphatic rings. The number of carbonyl (C=O) groups excluding carboxylic acids is 1. The van der Waals surface area contributed by atoms with Gasteiger partial charge in [0.25, 0.3) is 0 Å². The van der Waals surface area contributed by atoms with Crippen molar-refractivity contribution in [3.8, 4) is 11.5 Å². The summed E-state index contributed by atoms with van der Waals surface area (Å²) in [6.07, 6.45) is 0. The molecule has 1 heterocycles. The first-order chi connectivity index (χ1) is 12.0. The molecule has 7 heteroatoms. The number of hydrogen-bond acceptors (Lipinski definition) is 5. The van der Waals surface area contributed by atoms with Gasteiger partial charge in [-0.25, -0.2) is 0 Å². The van der Waals surface area contributed by atoms with Crippen molar-refractivity contribution >= 4 is 35.3 Å². The Bertz CT molecular complexity index is 894. The fourth-order valence-corrected chi connectivity index (χ4v) is 3.01. The topological polar surface area (TPSA) is 68.0 Å². The van der Waals surface area contributed by atoms with E-state index in [9.17, 15) is 4.79 Å². The van der Waals surface area contributed by atoms with Crippen LogP contribution in [0, 0.1) is 13.8 Å². The molecule has 0 saturated carbocycles. The van der Waals surface area contributed by atoms with Gasteiger partial charge in [0, 0.05) is 15.5 Å². The van der Waals surface area contributed by atoms with Crippen molar-refractivity contribution in [2.45, 2.75) is 18.7 Å². The van der Waals surface area contributed by atoms with E-state index in [-0.39, 0.29) is 17.7 Å². The monoisotopic (exact) mass is 373 g/mol. The van der Waals surface area contributed by atoms with Crippen molar-refractivity contribution in [1.29, 1.82) is 0 Å². The van der Waals surface area contributed by atoms with Crippen LogP contribution in [-0.2, 0) is 4.79 Å². The van der Waals surface area contributed by atoms with Crippen molar-refractivity contribution in [3.05, 3.63) is 58.6 Å². The van der Waals surface area contributed by atoms with Crippen LogP contribution in [0.2, 0.25) is 5.02 Å². The Balaban J connectivity index is 1.62. The van der Waals surface area contributed by atoms with E-state index in [1.54, 1.807) is 12.1 Å². The first kappa shape index (κ1) is 17.5. The second-order valence-corrected chi connectivity index (χ2v) is 7.01. The van der Waals surface area contributed by atoms with E-state index < -0.39 is 0 Å². The van der Waals surface area contributed by atoms with Gasteiger partial charge in [0.1, 0.15) is 0 Å². The van der Waals surface area contributed by atoms with Gasteiger partial charge in [-0.05, 0) is 49.7 Å². The van der Waals surface area contributed by atoms with Crippen LogP contribution in [0.1, 0.15) is 11.1 Å². The average Bonchev–Trinajstić information content (AvgIpc) is 3.05. The van der Waals surface area contributed by atoms with E-state index in [4.69, 9.17) is 16.0 Å². The fraction of sp³-hybridized carbons (Fsp3) is 0.167. The maximum Gasteiger partial charge on any atom is 0.322 e. The first-order valence-electron chi connectivity index (χ1n) is 7.60. The smallest absolute Gasteiger partial charge is 0.322 e. The molecular formula is C18H16ClN3O2S. The van der Waals surface area contributed by atoms with Gasteiger partial charge in [-0.1, -0.05) is 34.4 Å². The van der Waals surface area contributed by atoms with Gasteiger partial charge < -0.3 is 4.42 Å². The molecule has 0 saturated heterocycles. The third-order valence-electron chi connectivity index (χ3n) is 3.48. The lowest BCUT2D eigenvalue weighted by molar-refractivity contribution is -0.113. The predicted molar refractivity (Wildman–Crippen MR) is 100 cm³/mol. The van der Waals surface area contributed by atoms with Gasteiger partial charge in [0.05, 0.1) is 5.75 Å². The maximum atomic E-state index is 12.0. The van der Waals surface area contributed by atoms with Crippen molar-refractivity contribution in [1.82, 2.24) is 10.2 Å². The third kappa shape index (κ3) is 4.61. The summed E-state index contributed by atoms with van der Waals surface area (Å²) < 4.78 is 5.56. The first-order valence-corrected chi connectivity index (χ1v) is 8.97. The molecule has 0 unspecified atom stereocenters. The molecule has 25 heavy (non-hydrogen) atoms. The zero-order valence-electron chi connectivity index (χ0n) is 13.7. The van der Waals surface area contributed by atoms with Gasteiger partial charge >= 0.3 is 6.01 Å². The average molecular weight is 374 g/mol. The number of rotatable bonds is 5. The molecule has 5 nitrogen and oxygen atoms in total. The summed E-state index contributed by atoms with van der Waals surface area (Å²) in [6.45, 7) is 3.97. The minimum absolute atomic E-state index is 0.0950. The second kappa shape index (κ2) is 7.72. The highest BCUT2D eigenvalue weighted by Gasteiger charge is 2.13. The molecule has 0 radical (unpaired) electrons. The number of amides is 1. The molecule has 3 aromatic rings. The lowest BCUT2D eigenvalue weighted by Crippen LogP contribution is -2.14. The summed E-state index contributed by atoms with van der Waals surface area (Å²) in [5, 5.41) is 11.2. The molecule has 1 aromatic heterocycles. The Morgan fingerprint density at radius 3 is 2.68 bits per heavy atom. The molecule has 0 aliphatic heterocycles. The zero-order chi connectivity index (χ0) is 17.8. The second-order valence-electron chi connectivity index (χ2n) is 5.52. The summed E-state index contributed by atoms with van der Waals surface area (Å²) >= 11 is 7.24. The Hall–Kier alpha value is -2.31. The number of carbonyl (C=O) groups is 1. The van der Waals surface area contributed by atoms with Crippen molar-refractivity contribution in [2.24, 2.45) is 0 Å². The lowest BCUT2D eigenvalue weighted by atomic mass is 10.1.